The summed E-state index contributed by atoms with van der Waals surface area (Å²) in [6.45, 7) is 0. The molecule has 2 rings (SSSR count). The second-order valence-electron chi connectivity index (χ2n) is 4.07. The molecule has 20 heavy (non-hydrogen) atoms. The fraction of sp³-hybridized carbons (Fsp3) is 0.0714. The summed E-state index contributed by atoms with van der Waals surface area (Å²) >= 11 is 0. The van der Waals surface area contributed by atoms with Crippen LogP contribution in [0.15, 0.2) is 48.5 Å². The van der Waals surface area contributed by atoms with Gasteiger partial charge in [-0.1, -0.05) is 6.07 Å². The van der Waals surface area contributed by atoms with Crippen molar-refractivity contribution in [3.05, 3.63) is 64.2 Å². The van der Waals surface area contributed by atoms with Gasteiger partial charge in [0.25, 0.3) is 11.5 Å². The van der Waals surface area contributed by atoms with E-state index in [-0.39, 0.29) is 5.69 Å². The zero-order valence-corrected chi connectivity index (χ0v) is 10.9. The van der Waals surface area contributed by atoms with Crippen molar-refractivity contribution in [2.75, 3.05) is 7.11 Å². The van der Waals surface area contributed by atoms with E-state index in [9.17, 15) is 10.1 Å². The lowest BCUT2D eigenvalue weighted by Crippen LogP contribution is -2.69. The molecule has 0 fully saturated rings. The summed E-state index contributed by atoms with van der Waals surface area (Å²) in [5.41, 5.74) is 7.26. The van der Waals surface area contributed by atoms with Gasteiger partial charge in [-0.25, -0.2) is 4.99 Å². The number of methoxy groups -OCH3 is 1. The minimum atomic E-state index is -0.454. The molecule has 0 unspecified atom stereocenters. The second kappa shape index (κ2) is 5.83. The number of nitrogen functional groups attached to an aromatic ring is 1. The molecule has 102 valence electrons. The van der Waals surface area contributed by atoms with E-state index >= 15 is 0 Å². The van der Waals surface area contributed by atoms with Crippen LogP contribution in [-0.2, 0) is 0 Å². The Morgan fingerprint density at radius 2 is 1.95 bits per heavy atom. The first-order valence-electron chi connectivity index (χ1n) is 5.88. The quantitative estimate of drug-likeness (QED) is 0.371. The van der Waals surface area contributed by atoms with Crippen LogP contribution in [0.25, 0.3) is 0 Å². The number of benzene rings is 2. The Balaban J connectivity index is 2.29. The van der Waals surface area contributed by atoms with Gasteiger partial charge in [-0.2, -0.15) is 0 Å². The lowest BCUT2D eigenvalue weighted by molar-refractivity contribution is -0.385. The molecule has 3 N–H and O–H groups in total. The van der Waals surface area contributed by atoms with Crippen molar-refractivity contribution in [2.24, 2.45) is 5.73 Å². The Hall–Kier alpha value is -2.89. The van der Waals surface area contributed by atoms with Crippen molar-refractivity contribution in [1.29, 1.82) is 0 Å². The number of nitrogens with zero attached hydrogens (tertiary/aromatic N) is 1. The van der Waals surface area contributed by atoms with Crippen LogP contribution < -0.4 is 15.5 Å². The molecule has 6 nitrogen and oxygen atoms in total. The maximum absolute atomic E-state index is 10.7. The highest BCUT2D eigenvalue weighted by atomic mass is 16.6. The molecular formula is C14H14N3O3+. The van der Waals surface area contributed by atoms with Crippen LogP contribution in [0.5, 0.6) is 5.75 Å². The maximum Gasteiger partial charge on any atom is 0.278 e. The minimum absolute atomic E-state index is 0.00183. The highest BCUT2D eigenvalue weighted by molar-refractivity contribution is 5.94. The Bertz CT molecular complexity index is 651. The van der Waals surface area contributed by atoms with Gasteiger partial charge in [-0.05, 0) is 30.3 Å². The summed E-state index contributed by atoms with van der Waals surface area (Å²) in [5, 5.41) is 10.7. The van der Waals surface area contributed by atoms with Gasteiger partial charge in [0.05, 0.1) is 17.6 Å². The van der Waals surface area contributed by atoms with Crippen LogP contribution >= 0.6 is 0 Å². The zero-order chi connectivity index (χ0) is 14.5. The minimum Gasteiger partial charge on any atom is -0.497 e. The Kier molecular flexibility index (Phi) is 3.95. The Morgan fingerprint density at radius 1 is 1.25 bits per heavy atom. The van der Waals surface area contributed by atoms with E-state index in [1.807, 2.05) is 12.1 Å². The van der Waals surface area contributed by atoms with Gasteiger partial charge in [0.1, 0.15) is 11.4 Å². The van der Waals surface area contributed by atoms with Crippen molar-refractivity contribution < 1.29 is 14.7 Å². The average molecular weight is 272 g/mol. The molecule has 0 saturated carbocycles. The summed E-state index contributed by atoms with van der Waals surface area (Å²) in [5.74, 6) is 1.09. The molecule has 0 saturated heterocycles. The van der Waals surface area contributed by atoms with Crippen molar-refractivity contribution in [2.45, 2.75) is 0 Å². The number of rotatable bonds is 4. The van der Waals surface area contributed by atoms with Crippen molar-refractivity contribution >= 4 is 17.2 Å². The molecule has 0 spiro atoms. The number of hydrogen-bond acceptors (Lipinski definition) is 3. The molecular weight excluding hydrogens is 258 g/mol. The Morgan fingerprint density at radius 3 is 2.55 bits per heavy atom. The topological polar surface area (TPSA) is 92.4 Å². The average Bonchev–Trinajstić information content (AvgIpc) is 2.48. The first-order chi connectivity index (χ1) is 9.60. The molecule has 0 aliphatic heterocycles. The smallest absolute Gasteiger partial charge is 0.278 e. The number of ether oxygens (including phenoxy) is 1. The van der Waals surface area contributed by atoms with Gasteiger partial charge in [0.15, 0.2) is 0 Å². The third kappa shape index (κ3) is 3.11. The number of nitrogens with two attached hydrogens (primary N) is 1. The molecule has 6 heteroatoms. The summed E-state index contributed by atoms with van der Waals surface area (Å²) < 4.78 is 5.06. The molecule has 0 heterocycles. The van der Waals surface area contributed by atoms with Crippen LogP contribution in [0.3, 0.4) is 0 Å². The molecule has 2 aromatic carbocycles. The van der Waals surface area contributed by atoms with Crippen LogP contribution in [0.1, 0.15) is 5.56 Å². The largest absolute Gasteiger partial charge is 0.497 e. The molecule has 0 aromatic heterocycles. The fourth-order valence-corrected chi connectivity index (χ4v) is 1.69. The van der Waals surface area contributed by atoms with Gasteiger partial charge in [0.2, 0.25) is 0 Å². The standard InChI is InChI=1S/C14H13N3O3/c1-20-13-7-5-11(6-8-13)16-14(15)10-3-2-4-12(9-10)17(18)19/h2-9H,1H3,(H2,15,16)/p+1. The van der Waals surface area contributed by atoms with Crippen LogP contribution in [0, 0.1) is 10.1 Å². The van der Waals surface area contributed by atoms with Gasteiger partial charge < -0.3 is 4.74 Å². The fourth-order valence-electron chi connectivity index (χ4n) is 1.69. The molecule has 0 aliphatic rings. The lowest BCUT2D eigenvalue weighted by Gasteiger charge is -1.99. The lowest BCUT2D eigenvalue weighted by atomic mass is 10.2. The Labute approximate surface area is 115 Å². The zero-order valence-electron chi connectivity index (χ0n) is 10.9. The van der Waals surface area contributed by atoms with E-state index in [4.69, 9.17) is 10.5 Å². The molecule has 0 aliphatic carbocycles. The first-order valence-corrected chi connectivity index (χ1v) is 5.88. The molecule has 2 aromatic rings. The first kappa shape index (κ1) is 13.5. The number of amidine groups is 1. The number of non-ortho nitro benzene ring substituents is 1. The van der Waals surface area contributed by atoms with E-state index in [1.54, 1.807) is 31.4 Å². The van der Waals surface area contributed by atoms with E-state index in [0.717, 1.165) is 11.4 Å². The molecule has 0 radical (unpaired) electrons. The molecule has 0 bridgehead atoms. The van der Waals surface area contributed by atoms with E-state index in [0.29, 0.717) is 11.4 Å². The third-order valence-corrected chi connectivity index (χ3v) is 2.74. The van der Waals surface area contributed by atoms with Gasteiger partial charge in [-0.3, -0.25) is 15.8 Å². The summed E-state index contributed by atoms with van der Waals surface area (Å²) in [7, 11) is 1.59. The summed E-state index contributed by atoms with van der Waals surface area (Å²) in [6.07, 6.45) is 0. The number of nitro benzene ring substituents is 1. The third-order valence-electron chi connectivity index (χ3n) is 2.74. The maximum atomic E-state index is 10.7. The van der Waals surface area contributed by atoms with Gasteiger partial charge >= 0.3 is 0 Å². The predicted molar refractivity (Wildman–Crippen MR) is 75.0 cm³/mol. The normalized spacial score (nSPS) is 11.2. The highest BCUT2D eigenvalue weighted by Gasteiger charge is 2.11. The van der Waals surface area contributed by atoms with Crippen LogP contribution in [0.2, 0.25) is 0 Å². The summed E-state index contributed by atoms with van der Waals surface area (Å²) in [4.78, 5) is 13.3. The molecule has 0 amide bonds. The van der Waals surface area contributed by atoms with E-state index in [2.05, 4.69) is 4.99 Å². The van der Waals surface area contributed by atoms with Gasteiger partial charge in [0, 0.05) is 12.1 Å². The molecule has 0 atom stereocenters. The second-order valence-corrected chi connectivity index (χ2v) is 4.07. The van der Waals surface area contributed by atoms with Crippen LogP contribution in [-0.4, -0.2) is 17.9 Å². The SMILES string of the molecule is COc1ccc([NH+]=C(N)c2cccc([N+](=O)[O-])c2)cc1. The van der Waals surface area contributed by atoms with Crippen LogP contribution in [0.4, 0.5) is 11.4 Å². The van der Waals surface area contributed by atoms with E-state index < -0.39 is 4.92 Å². The number of hydrogen-bond donors (Lipinski definition) is 2. The van der Waals surface area contributed by atoms with Crippen molar-refractivity contribution in [1.82, 2.24) is 0 Å². The predicted octanol–water partition coefficient (Wildman–Crippen LogP) is 0.721. The van der Waals surface area contributed by atoms with Gasteiger partial charge in [-0.15, -0.1) is 0 Å². The number of nitro groups is 1. The number of nitrogens with one attached hydrogen (secondary N) is 1. The summed E-state index contributed by atoms with van der Waals surface area (Å²) in [6, 6.07) is 13.4. The highest BCUT2D eigenvalue weighted by Crippen LogP contribution is 2.13. The monoisotopic (exact) mass is 272 g/mol. The van der Waals surface area contributed by atoms with Crippen molar-refractivity contribution in [3.63, 3.8) is 0 Å². The van der Waals surface area contributed by atoms with Crippen molar-refractivity contribution in [3.8, 4) is 5.75 Å². The van der Waals surface area contributed by atoms with E-state index in [1.165, 1.54) is 12.1 Å².